The molecule has 4 aromatic rings. The van der Waals surface area contributed by atoms with Gasteiger partial charge in [-0.25, -0.2) is 4.79 Å². The van der Waals surface area contributed by atoms with Gasteiger partial charge in [-0.1, -0.05) is 68.2 Å². The largest absolute Gasteiger partial charge is 0.452 e. The molecule has 4 rings (SSSR count). The van der Waals surface area contributed by atoms with Crippen molar-refractivity contribution in [3.63, 3.8) is 0 Å². The lowest BCUT2D eigenvalue weighted by molar-refractivity contribution is 0.0731. The summed E-state index contributed by atoms with van der Waals surface area (Å²) in [6.45, 7) is 6.26. The molecule has 0 aliphatic carbocycles. The summed E-state index contributed by atoms with van der Waals surface area (Å²) in [7, 11) is 0. The summed E-state index contributed by atoms with van der Waals surface area (Å²) in [6, 6.07) is 18.6. The van der Waals surface area contributed by atoms with E-state index in [0.717, 1.165) is 5.56 Å². The molecule has 0 aliphatic rings. The first-order valence-electron chi connectivity index (χ1n) is 9.99. The van der Waals surface area contributed by atoms with Crippen molar-refractivity contribution in [3.05, 3.63) is 98.1 Å². The minimum absolute atomic E-state index is 0.0552. The van der Waals surface area contributed by atoms with Crippen LogP contribution in [0.5, 0.6) is 5.75 Å². The lowest BCUT2D eigenvalue weighted by atomic mass is 9.87. The van der Waals surface area contributed by atoms with Gasteiger partial charge in [0.2, 0.25) is 11.2 Å². The van der Waals surface area contributed by atoms with E-state index >= 15 is 0 Å². The highest BCUT2D eigenvalue weighted by atomic mass is 35.5. The first-order chi connectivity index (χ1) is 15.1. The van der Waals surface area contributed by atoms with E-state index in [2.05, 4.69) is 20.8 Å². The second-order valence-corrected chi connectivity index (χ2v) is 9.27. The summed E-state index contributed by atoms with van der Waals surface area (Å²) in [6.07, 6.45) is 0. The normalized spacial score (nSPS) is 11.5. The fraction of sp³-hybridized carbons (Fsp3) is 0.154. The molecule has 0 unspecified atom stereocenters. The maximum atomic E-state index is 13.2. The summed E-state index contributed by atoms with van der Waals surface area (Å²) in [5.74, 6) is -0.827. The van der Waals surface area contributed by atoms with Crippen LogP contribution in [0.15, 0.2) is 75.9 Å². The van der Waals surface area contributed by atoms with Crippen LogP contribution in [0, 0.1) is 0 Å². The van der Waals surface area contributed by atoms with Crippen LogP contribution in [0.3, 0.4) is 0 Å². The maximum Gasteiger partial charge on any atom is 0.343 e. The van der Waals surface area contributed by atoms with E-state index < -0.39 is 11.4 Å². The average Bonchev–Trinajstić information content (AvgIpc) is 2.75. The second kappa shape index (κ2) is 8.45. The van der Waals surface area contributed by atoms with Gasteiger partial charge in [-0.3, -0.25) is 4.79 Å². The highest BCUT2D eigenvalue weighted by Crippen LogP contribution is 2.37. The molecule has 0 saturated heterocycles. The van der Waals surface area contributed by atoms with Crippen LogP contribution in [0.4, 0.5) is 0 Å². The Labute approximate surface area is 195 Å². The standard InChI is InChI=1S/C26H20Cl2O4/c1-26(2,3)16-10-8-15(9-11-16)25(30)32-24-22(29)19-6-4-5-7-21(19)31-23(24)18-13-12-17(27)14-20(18)28/h4-14H,1-3H3. The second-order valence-electron chi connectivity index (χ2n) is 8.43. The number of carbonyl (C=O) groups excluding carboxylic acids is 1. The summed E-state index contributed by atoms with van der Waals surface area (Å²) in [5.41, 5.74) is 1.62. The Morgan fingerprint density at radius 1 is 0.938 bits per heavy atom. The topological polar surface area (TPSA) is 56.5 Å². The molecular weight excluding hydrogens is 447 g/mol. The number of benzene rings is 3. The minimum atomic E-state index is -0.667. The summed E-state index contributed by atoms with van der Waals surface area (Å²) in [4.78, 5) is 26.2. The molecule has 32 heavy (non-hydrogen) atoms. The molecule has 0 radical (unpaired) electrons. The predicted octanol–water partition coefficient (Wildman–Crippen LogP) is 7.28. The van der Waals surface area contributed by atoms with Crippen molar-refractivity contribution in [1.29, 1.82) is 0 Å². The third kappa shape index (κ3) is 4.29. The van der Waals surface area contributed by atoms with E-state index in [4.69, 9.17) is 32.4 Å². The predicted molar refractivity (Wildman–Crippen MR) is 128 cm³/mol. The SMILES string of the molecule is CC(C)(C)c1ccc(C(=O)Oc2c(-c3ccc(Cl)cc3Cl)oc3ccccc3c2=O)cc1. The zero-order chi connectivity index (χ0) is 23.0. The molecule has 0 spiro atoms. The van der Waals surface area contributed by atoms with Crippen molar-refractivity contribution in [3.8, 4) is 17.1 Å². The number of esters is 1. The van der Waals surface area contributed by atoms with E-state index in [1.165, 1.54) is 6.07 Å². The molecule has 1 aromatic heterocycles. The fourth-order valence-electron chi connectivity index (χ4n) is 3.33. The number of hydrogen-bond acceptors (Lipinski definition) is 4. The molecule has 0 saturated carbocycles. The first kappa shape index (κ1) is 22.1. The Morgan fingerprint density at radius 2 is 1.62 bits per heavy atom. The van der Waals surface area contributed by atoms with Gasteiger partial charge >= 0.3 is 5.97 Å². The molecule has 4 nitrogen and oxygen atoms in total. The number of rotatable bonds is 3. The number of halogens is 2. The molecule has 0 N–H and O–H groups in total. The molecule has 0 atom stereocenters. The molecule has 0 amide bonds. The van der Waals surface area contributed by atoms with E-state index in [1.807, 2.05) is 12.1 Å². The highest BCUT2D eigenvalue weighted by molar-refractivity contribution is 6.36. The van der Waals surface area contributed by atoms with Crippen LogP contribution in [-0.2, 0) is 5.41 Å². The lowest BCUT2D eigenvalue weighted by Crippen LogP contribution is -2.17. The third-order valence-electron chi connectivity index (χ3n) is 5.11. The third-order valence-corrected chi connectivity index (χ3v) is 5.66. The van der Waals surface area contributed by atoms with Crippen molar-refractivity contribution >= 4 is 40.1 Å². The van der Waals surface area contributed by atoms with E-state index in [0.29, 0.717) is 27.1 Å². The van der Waals surface area contributed by atoms with Gasteiger partial charge in [0.1, 0.15) is 5.58 Å². The summed E-state index contributed by atoms with van der Waals surface area (Å²) >= 11 is 12.4. The monoisotopic (exact) mass is 466 g/mol. The highest BCUT2D eigenvalue weighted by Gasteiger charge is 2.23. The van der Waals surface area contributed by atoms with Gasteiger partial charge < -0.3 is 9.15 Å². The van der Waals surface area contributed by atoms with Gasteiger partial charge in [0, 0.05) is 10.6 Å². The molecule has 0 fully saturated rings. The summed E-state index contributed by atoms with van der Waals surface area (Å²) in [5, 5.41) is 0.995. The zero-order valence-corrected chi connectivity index (χ0v) is 19.3. The zero-order valence-electron chi connectivity index (χ0n) is 17.7. The van der Waals surface area contributed by atoms with Crippen molar-refractivity contribution in [2.24, 2.45) is 0 Å². The van der Waals surface area contributed by atoms with Crippen LogP contribution in [-0.4, -0.2) is 5.97 Å². The van der Waals surface area contributed by atoms with E-state index in [-0.39, 0.29) is 21.9 Å². The lowest BCUT2D eigenvalue weighted by Gasteiger charge is -2.19. The van der Waals surface area contributed by atoms with Crippen molar-refractivity contribution in [2.75, 3.05) is 0 Å². The Hall–Kier alpha value is -3.08. The van der Waals surface area contributed by atoms with Gasteiger partial charge in [-0.2, -0.15) is 0 Å². The Bertz CT molecular complexity index is 1380. The molecule has 162 valence electrons. The molecule has 1 heterocycles. The van der Waals surface area contributed by atoms with Crippen LogP contribution in [0.2, 0.25) is 10.0 Å². The smallest absolute Gasteiger partial charge is 0.343 e. The Kier molecular flexibility index (Phi) is 5.85. The van der Waals surface area contributed by atoms with Crippen molar-refractivity contribution in [1.82, 2.24) is 0 Å². The van der Waals surface area contributed by atoms with Crippen LogP contribution >= 0.6 is 23.2 Å². The molecular formula is C26H20Cl2O4. The van der Waals surface area contributed by atoms with Gasteiger partial charge in [0.05, 0.1) is 16.0 Å². The van der Waals surface area contributed by atoms with Crippen LogP contribution in [0.25, 0.3) is 22.3 Å². The van der Waals surface area contributed by atoms with E-state index in [1.54, 1.807) is 48.5 Å². The van der Waals surface area contributed by atoms with Crippen molar-refractivity contribution < 1.29 is 13.9 Å². The van der Waals surface area contributed by atoms with Gasteiger partial charge in [0.25, 0.3) is 0 Å². The number of ether oxygens (including phenoxy) is 1. The van der Waals surface area contributed by atoms with Gasteiger partial charge in [-0.15, -0.1) is 0 Å². The summed E-state index contributed by atoms with van der Waals surface area (Å²) < 4.78 is 11.6. The van der Waals surface area contributed by atoms with E-state index in [9.17, 15) is 9.59 Å². The number of fused-ring (bicyclic) bond motifs is 1. The van der Waals surface area contributed by atoms with Crippen molar-refractivity contribution in [2.45, 2.75) is 26.2 Å². The average molecular weight is 467 g/mol. The minimum Gasteiger partial charge on any atom is -0.452 e. The molecule has 6 heteroatoms. The molecule has 0 bridgehead atoms. The van der Waals surface area contributed by atoms with Crippen LogP contribution < -0.4 is 10.2 Å². The number of carbonyl (C=O) groups is 1. The van der Waals surface area contributed by atoms with Gasteiger partial charge in [0.15, 0.2) is 5.76 Å². The quantitative estimate of drug-likeness (QED) is 0.297. The Morgan fingerprint density at radius 3 is 2.28 bits per heavy atom. The number of hydrogen-bond donors (Lipinski definition) is 0. The van der Waals surface area contributed by atoms with Crippen LogP contribution in [0.1, 0.15) is 36.7 Å². The Balaban J connectivity index is 1.83. The van der Waals surface area contributed by atoms with Gasteiger partial charge in [-0.05, 0) is 53.4 Å². The number of para-hydroxylation sites is 1. The molecule has 3 aromatic carbocycles. The maximum absolute atomic E-state index is 13.2. The first-order valence-corrected chi connectivity index (χ1v) is 10.7. The fourth-order valence-corrected chi connectivity index (χ4v) is 3.82. The molecule has 0 aliphatic heterocycles.